The molecule has 2 aliphatic heterocycles. The number of piperazine rings is 1. The van der Waals surface area contributed by atoms with Crippen LogP contribution < -0.4 is 15.5 Å². The number of rotatable bonds is 4. The molecule has 1 aromatic carbocycles. The Bertz CT molecular complexity index is 759. The van der Waals surface area contributed by atoms with Crippen LogP contribution in [0.25, 0.3) is 0 Å². The first-order valence-corrected chi connectivity index (χ1v) is 9.32. The maximum Gasteiger partial charge on any atom is 0.161 e. The van der Waals surface area contributed by atoms with Crippen LogP contribution in [-0.2, 0) is 6.42 Å². The van der Waals surface area contributed by atoms with E-state index in [1.165, 1.54) is 11.3 Å². The lowest BCUT2D eigenvalue weighted by Gasteiger charge is -2.36. The first-order chi connectivity index (χ1) is 12.8. The SMILES string of the molecule is Nc1c(N2CCN(CCO)CC2)ncnc1N1CCCc2ccccc21. The van der Waals surface area contributed by atoms with Crippen molar-refractivity contribution in [2.45, 2.75) is 12.8 Å². The van der Waals surface area contributed by atoms with Gasteiger partial charge in [-0.25, -0.2) is 9.97 Å². The van der Waals surface area contributed by atoms with Crippen molar-refractivity contribution in [3.63, 3.8) is 0 Å². The summed E-state index contributed by atoms with van der Waals surface area (Å²) in [5.41, 5.74) is 9.73. The Hall–Kier alpha value is -2.38. The maximum absolute atomic E-state index is 9.10. The number of nitrogens with two attached hydrogens (primary N) is 1. The number of aliphatic hydroxyl groups is 1. The summed E-state index contributed by atoms with van der Waals surface area (Å²) in [4.78, 5) is 15.7. The normalized spacial score (nSPS) is 18.0. The molecule has 7 heteroatoms. The quantitative estimate of drug-likeness (QED) is 0.855. The lowest BCUT2D eigenvalue weighted by molar-refractivity contribution is 0.188. The number of nitrogens with zero attached hydrogens (tertiary/aromatic N) is 5. The number of para-hydroxylation sites is 1. The largest absolute Gasteiger partial charge is 0.395 e. The van der Waals surface area contributed by atoms with E-state index in [0.29, 0.717) is 5.69 Å². The number of nitrogen functional groups attached to an aromatic ring is 1. The second kappa shape index (κ2) is 7.47. The summed E-state index contributed by atoms with van der Waals surface area (Å²) in [5, 5.41) is 9.10. The van der Waals surface area contributed by atoms with E-state index in [9.17, 15) is 0 Å². The van der Waals surface area contributed by atoms with Gasteiger partial charge in [-0.05, 0) is 24.5 Å². The fourth-order valence-corrected chi connectivity index (χ4v) is 3.92. The van der Waals surface area contributed by atoms with Crippen LogP contribution in [0.2, 0.25) is 0 Å². The molecule has 0 unspecified atom stereocenters. The van der Waals surface area contributed by atoms with Gasteiger partial charge in [0.1, 0.15) is 12.0 Å². The summed E-state index contributed by atoms with van der Waals surface area (Å²) in [6, 6.07) is 8.47. The van der Waals surface area contributed by atoms with Crippen molar-refractivity contribution < 1.29 is 5.11 Å². The van der Waals surface area contributed by atoms with Crippen LogP contribution in [0.5, 0.6) is 0 Å². The average Bonchev–Trinajstić information content (AvgIpc) is 2.69. The maximum atomic E-state index is 9.10. The zero-order valence-electron chi connectivity index (χ0n) is 15.0. The first-order valence-electron chi connectivity index (χ1n) is 9.32. The first kappa shape index (κ1) is 17.1. The molecule has 0 spiro atoms. The fraction of sp³-hybridized carbons (Fsp3) is 0.474. The molecular formula is C19H26N6O. The van der Waals surface area contributed by atoms with Gasteiger partial charge in [0.05, 0.1) is 6.61 Å². The van der Waals surface area contributed by atoms with Gasteiger partial charge in [0.25, 0.3) is 0 Å². The Morgan fingerprint density at radius 1 is 1.00 bits per heavy atom. The number of hydrogen-bond acceptors (Lipinski definition) is 7. The van der Waals surface area contributed by atoms with Gasteiger partial charge in [0.2, 0.25) is 0 Å². The summed E-state index contributed by atoms with van der Waals surface area (Å²) < 4.78 is 0. The van der Waals surface area contributed by atoms with Crippen molar-refractivity contribution in [1.29, 1.82) is 0 Å². The van der Waals surface area contributed by atoms with Gasteiger partial charge in [-0.15, -0.1) is 0 Å². The third-order valence-electron chi connectivity index (χ3n) is 5.30. The van der Waals surface area contributed by atoms with Crippen molar-refractivity contribution in [3.05, 3.63) is 36.2 Å². The number of anilines is 4. The molecule has 0 saturated carbocycles. The number of β-amino-alcohol motifs (C(OH)–C–C–N with tert-alkyl or cyclic N) is 1. The third kappa shape index (κ3) is 3.20. The van der Waals surface area contributed by atoms with E-state index in [4.69, 9.17) is 10.8 Å². The molecule has 2 aromatic rings. The van der Waals surface area contributed by atoms with E-state index in [0.717, 1.165) is 63.7 Å². The summed E-state index contributed by atoms with van der Waals surface area (Å²) in [6.45, 7) is 5.38. The molecule has 4 rings (SSSR count). The van der Waals surface area contributed by atoms with Crippen molar-refractivity contribution in [1.82, 2.24) is 14.9 Å². The minimum atomic E-state index is 0.203. The monoisotopic (exact) mass is 354 g/mol. The minimum absolute atomic E-state index is 0.203. The van der Waals surface area contributed by atoms with E-state index >= 15 is 0 Å². The van der Waals surface area contributed by atoms with E-state index in [1.54, 1.807) is 6.33 Å². The number of fused-ring (bicyclic) bond motifs is 1. The molecule has 3 heterocycles. The van der Waals surface area contributed by atoms with Gasteiger partial charge in [-0.2, -0.15) is 0 Å². The Kier molecular flexibility index (Phi) is 4.90. The minimum Gasteiger partial charge on any atom is -0.395 e. The molecule has 26 heavy (non-hydrogen) atoms. The van der Waals surface area contributed by atoms with Gasteiger partial charge < -0.3 is 20.6 Å². The number of aryl methyl sites for hydroxylation is 1. The predicted octanol–water partition coefficient (Wildman–Crippen LogP) is 1.26. The third-order valence-corrected chi connectivity index (χ3v) is 5.30. The zero-order chi connectivity index (χ0) is 17.9. The van der Waals surface area contributed by atoms with E-state index in [2.05, 4.69) is 48.9 Å². The van der Waals surface area contributed by atoms with Crippen molar-refractivity contribution in [2.24, 2.45) is 0 Å². The standard InChI is InChI=1S/C19H26N6O/c20-17-18(24-10-8-23(9-11-24)12-13-26)21-14-22-19(17)25-7-3-5-15-4-1-2-6-16(15)25/h1-2,4,6,14,26H,3,5,7-13,20H2. The lowest BCUT2D eigenvalue weighted by atomic mass is 10.0. The molecule has 0 amide bonds. The van der Waals surface area contributed by atoms with Crippen molar-refractivity contribution in [2.75, 3.05) is 61.4 Å². The van der Waals surface area contributed by atoms with Crippen LogP contribution in [0.3, 0.4) is 0 Å². The number of aromatic nitrogens is 2. The molecule has 138 valence electrons. The molecule has 1 saturated heterocycles. The van der Waals surface area contributed by atoms with Crippen LogP contribution in [0.4, 0.5) is 23.0 Å². The summed E-state index contributed by atoms with van der Waals surface area (Å²) in [6.07, 6.45) is 3.81. The number of aliphatic hydroxyl groups excluding tert-OH is 1. The summed E-state index contributed by atoms with van der Waals surface area (Å²) >= 11 is 0. The average molecular weight is 354 g/mol. The number of benzene rings is 1. The Labute approximate surface area is 154 Å². The molecule has 0 bridgehead atoms. The second-order valence-electron chi connectivity index (χ2n) is 6.87. The highest BCUT2D eigenvalue weighted by Crippen LogP contribution is 2.37. The molecule has 0 atom stereocenters. The topological polar surface area (TPSA) is 81.8 Å². The van der Waals surface area contributed by atoms with Gasteiger partial charge in [-0.3, -0.25) is 4.90 Å². The highest BCUT2D eigenvalue weighted by atomic mass is 16.3. The van der Waals surface area contributed by atoms with Crippen molar-refractivity contribution in [3.8, 4) is 0 Å². The van der Waals surface area contributed by atoms with E-state index in [1.807, 2.05) is 0 Å². The Balaban J connectivity index is 1.60. The molecule has 1 fully saturated rings. The summed E-state index contributed by atoms with van der Waals surface area (Å²) in [7, 11) is 0. The molecule has 1 aromatic heterocycles. The van der Waals surface area contributed by atoms with Gasteiger partial charge in [0, 0.05) is 45.0 Å². The smallest absolute Gasteiger partial charge is 0.161 e. The van der Waals surface area contributed by atoms with Crippen LogP contribution in [0.15, 0.2) is 30.6 Å². The van der Waals surface area contributed by atoms with Crippen LogP contribution in [0, 0.1) is 0 Å². The predicted molar refractivity (Wildman–Crippen MR) is 104 cm³/mol. The molecule has 0 aliphatic carbocycles. The second-order valence-corrected chi connectivity index (χ2v) is 6.87. The van der Waals surface area contributed by atoms with Gasteiger partial charge >= 0.3 is 0 Å². The molecular weight excluding hydrogens is 328 g/mol. The summed E-state index contributed by atoms with van der Waals surface area (Å²) in [5.74, 6) is 1.63. The molecule has 7 nitrogen and oxygen atoms in total. The van der Waals surface area contributed by atoms with Gasteiger partial charge in [0.15, 0.2) is 11.6 Å². The van der Waals surface area contributed by atoms with Crippen molar-refractivity contribution >= 4 is 23.0 Å². The fourth-order valence-electron chi connectivity index (χ4n) is 3.92. The Morgan fingerprint density at radius 2 is 1.77 bits per heavy atom. The highest BCUT2D eigenvalue weighted by molar-refractivity contribution is 5.81. The van der Waals surface area contributed by atoms with Crippen LogP contribution in [0.1, 0.15) is 12.0 Å². The molecule has 3 N–H and O–H groups in total. The van der Waals surface area contributed by atoms with Gasteiger partial charge in [-0.1, -0.05) is 18.2 Å². The Morgan fingerprint density at radius 3 is 2.58 bits per heavy atom. The zero-order valence-corrected chi connectivity index (χ0v) is 15.0. The lowest BCUT2D eigenvalue weighted by Crippen LogP contribution is -2.47. The molecule has 0 radical (unpaired) electrons. The van der Waals surface area contributed by atoms with E-state index in [-0.39, 0.29) is 6.61 Å². The number of hydrogen-bond donors (Lipinski definition) is 2. The van der Waals surface area contributed by atoms with Crippen LogP contribution >= 0.6 is 0 Å². The molecule has 2 aliphatic rings. The highest BCUT2D eigenvalue weighted by Gasteiger charge is 2.25. The van der Waals surface area contributed by atoms with Crippen LogP contribution in [-0.4, -0.2) is 65.8 Å². The van der Waals surface area contributed by atoms with E-state index < -0.39 is 0 Å².